The molecule has 1 atom stereocenters. The number of amides is 1. The molecule has 2 aromatic heterocycles. The lowest BCUT2D eigenvalue weighted by atomic mass is 10.2. The van der Waals surface area contributed by atoms with Gasteiger partial charge in [0.2, 0.25) is 5.91 Å². The van der Waals surface area contributed by atoms with Crippen LogP contribution in [0.5, 0.6) is 5.75 Å². The average molecular weight is 451 g/mol. The summed E-state index contributed by atoms with van der Waals surface area (Å²) >= 11 is 0. The zero-order valence-electron chi connectivity index (χ0n) is 17.3. The Kier molecular flexibility index (Phi) is 6.23. The molecule has 3 aromatic rings. The topological polar surface area (TPSA) is 111 Å². The van der Waals surface area contributed by atoms with Gasteiger partial charge < -0.3 is 15.2 Å². The van der Waals surface area contributed by atoms with E-state index in [1.54, 1.807) is 20.8 Å². The number of benzene rings is 1. The number of carbonyl (C=O) groups is 2. The number of aromatic nitrogens is 4. The molecule has 32 heavy (non-hydrogen) atoms. The molecule has 0 fully saturated rings. The van der Waals surface area contributed by atoms with Gasteiger partial charge in [-0.25, -0.2) is 9.48 Å². The summed E-state index contributed by atoms with van der Waals surface area (Å²) in [6.45, 7) is 4.72. The molecule has 0 aliphatic rings. The van der Waals surface area contributed by atoms with Gasteiger partial charge in [-0.15, -0.1) is 0 Å². The van der Waals surface area contributed by atoms with Crippen molar-refractivity contribution in [2.75, 3.05) is 5.32 Å². The second-order valence-electron chi connectivity index (χ2n) is 7.00. The molecule has 2 N–H and O–H groups in total. The lowest BCUT2D eigenvalue weighted by Crippen LogP contribution is -2.25. The van der Waals surface area contributed by atoms with Gasteiger partial charge in [0, 0.05) is 6.20 Å². The van der Waals surface area contributed by atoms with Gasteiger partial charge in [-0.3, -0.25) is 9.48 Å². The summed E-state index contributed by atoms with van der Waals surface area (Å²) in [5.74, 6) is -1.63. The Morgan fingerprint density at radius 1 is 1.22 bits per heavy atom. The number of carboxylic acid groups (broad SMARTS) is 1. The zero-order valence-corrected chi connectivity index (χ0v) is 17.3. The maximum Gasteiger partial charge on any atom is 0.416 e. The van der Waals surface area contributed by atoms with Gasteiger partial charge in [-0.1, -0.05) is 6.07 Å². The van der Waals surface area contributed by atoms with Gasteiger partial charge in [0.15, 0.2) is 12.4 Å². The number of aromatic carboxylic acids is 1. The molecular weight excluding hydrogens is 431 g/mol. The number of nitrogens with one attached hydrogen (secondary N) is 1. The van der Waals surface area contributed by atoms with Crippen molar-refractivity contribution in [2.24, 2.45) is 0 Å². The summed E-state index contributed by atoms with van der Waals surface area (Å²) in [5, 5.41) is 19.8. The van der Waals surface area contributed by atoms with Crippen molar-refractivity contribution >= 4 is 17.6 Å². The second kappa shape index (κ2) is 8.73. The summed E-state index contributed by atoms with van der Waals surface area (Å²) in [5.41, 5.74) is 0.413. The molecule has 9 nitrogen and oxygen atoms in total. The highest BCUT2D eigenvalue weighted by atomic mass is 19.4. The summed E-state index contributed by atoms with van der Waals surface area (Å²) < 4.78 is 46.6. The first-order chi connectivity index (χ1) is 15.0. The van der Waals surface area contributed by atoms with E-state index in [0.29, 0.717) is 17.1 Å². The van der Waals surface area contributed by atoms with Crippen LogP contribution in [0.3, 0.4) is 0 Å². The molecule has 12 heteroatoms. The lowest BCUT2D eigenvalue weighted by molar-refractivity contribution is -0.137. The van der Waals surface area contributed by atoms with Crippen molar-refractivity contribution < 1.29 is 32.6 Å². The van der Waals surface area contributed by atoms with E-state index in [-0.39, 0.29) is 18.2 Å². The summed E-state index contributed by atoms with van der Waals surface area (Å²) in [6, 6.07) is 4.98. The van der Waals surface area contributed by atoms with Crippen LogP contribution in [0.2, 0.25) is 0 Å². The van der Waals surface area contributed by atoms with Crippen LogP contribution in [0.4, 0.5) is 18.9 Å². The molecule has 0 bridgehead atoms. The molecule has 2 heterocycles. The number of carboxylic acids is 1. The van der Waals surface area contributed by atoms with Crippen LogP contribution in [0.15, 0.2) is 36.5 Å². The van der Waals surface area contributed by atoms with E-state index in [1.165, 1.54) is 33.8 Å². The highest BCUT2D eigenvalue weighted by Crippen LogP contribution is 2.31. The van der Waals surface area contributed by atoms with Gasteiger partial charge in [0.25, 0.3) is 0 Å². The molecule has 3 rings (SSSR count). The monoisotopic (exact) mass is 451 g/mol. The van der Waals surface area contributed by atoms with E-state index in [2.05, 4.69) is 15.5 Å². The molecular formula is C20H20F3N5O4. The Morgan fingerprint density at radius 2 is 1.94 bits per heavy atom. The predicted molar refractivity (Wildman–Crippen MR) is 106 cm³/mol. The van der Waals surface area contributed by atoms with Crippen LogP contribution < -0.4 is 10.1 Å². The molecule has 0 aliphatic heterocycles. The Labute approximate surface area is 180 Å². The lowest BCUT2D eigenvalue weighted by Gasteiger charge is -2.13. The Hall–Kier alpha value is -3.83. The number of anilines is 1. The Bertz CT molecular complexity index is 1150. The first-order valence-corrected chi connectivity index (χ1v) is 9.40. The minimum atomic E-state index is -4.48. The molecule has 1 aromatic carbocycles. The number of aryl methyl sites for hydroxylation is 1. The fraction of sp³-hybridized carbons (Fsp3) is 0.300. The SMILES string of the molecule is Cc1nn(COc2cccc(C(F)(F)F)c2)c(C)c1NC(=O)C(C)n1ccc(C(=O)O)n1. The average Bonchev–Trinajstić information content (AvgIpc) is 3.32. The van der Waals surface area contributed by atoms with Gasteiger partial charge in [0.1, 0.15) is 11.8 Å². The predicted octanol–water partition coefficient (Wildman–Crippen LogP) is 3.65. The third kappa shape index (κ3) is 4.90. The number of ether oxygens (including phenoxy) is 1. The van der Waals surface area contributed by atoms with Crippen LogP contribution in [0, 0.1) is 13.8 Å². The van der Waals surface area contributed by atoms with Crippen molar-refractivity contribution in [1.82, 2.24) is 19.6 Å². The Morgan fingerprint density at radius 3 is 2.56 bits per heavy atom. The highest BCUT2D eigenvalue weighted by molar-refractivity contribution is 5.94. The number of hydrogen-bond donors (Lipinski definition) is 2. The van der Waals surface area contributed by atoms with Gasteiger partial charge >= 0.3 is 12.1 Å². The maximum absolute atomic E-state index is 12.9. The molecule has 0 radical (unpaired) electrons. The first kappa shape index (κ1) is 22.8. The number of halogens is 3. The quantitative estimate of drug-likeness (QED) is 0.567. The van der Waals surface area contributed by atoms with Crippen LogP contribution in [0.1, 0.15) is 40.4 Å². The first-order valence-electron chi connectivity index (χ1n) is 9.40. The molecule has 170 valence electrons. The van der Waals surface area contributed by atoms with Gasteiger partial charge in [-0.05, 0) is 45.0 Å². The smallest absolute Gasteiger partial charge is 0.416 e. The standard InChI is InChI=1S/C20H20F3N5O4/c1-11-17(24-18(29)13(3)27-8-7-16(26-27)19(30)31)12(2)28(25-11)10-32-15-6-4-5-14(9-15)20(21,22)23/h4-9,13H,10H2,1-3H3,(H,24,29)(H,30,31). The van der Waals surface area contributed by atoms with Crippen molar-refractivity contribution in [3.63, 3.8) is 0 Å². The van der Waals surface area contributed by atoms with Gasteiger partial charge in [-0.2, -0.15) is 23.4 Å². The van der Waals surface area contributed by atoms with E-state index in [0.717, 1.165) is 12.1 Å². The van der Waals surface area contributed by atoms with Crippen molar-refractivity contribution in [3.05, 3.63) is 59.2 Å². The maximum atomic E-state index is 12.9. The normalized spacial score (nSPS) is 12.4. The van der Waals surface area contributed by atoms with E-state index in [1.807, 2.05) is 0 Å². The highest BCUT2D eigenvalue weighted by Gasteiger charge is 2.30. The molecule has 0 saturated heterocycles. The minimum Gasteiger partial charge on any atom is -0.476 e. The van der Waals surface area contributed by atoms with Crippen molar-refractivity contribution in [3.8, 4) is 5.75 Å². The fourth-order valence-corrected chi connectivity index (χ4v) is 2.92. The van der Waals surface area contributed by atoms with Crippen molar-refractivity contribution in [2.45, 2.75) is 39.7 Å². The Balaban J connectivity index is 1.70. The van der Waals surface area contributed by atoms with E-state index in [9.17, 15) is 22.8 Å². The molecule has 0 saturated carbocycles. The van der Waals surface area contributed by atoms with Crippen LogP contribution in [-0.4, -0.2) is 36.5 Å². The fourth-order valence-electron chi connectivity index (χ4n) is 2.92. The number of carbonyl (C=O) groups excluding carboxylic acids is 1. The van der Waals surface area contributed by atoms with Crippen molar-refractivity contribution in [1.29, 1.82) is 0 Å². The minimum absolute atomic E-state index is 0.0273. The van der Waals surface area contributed by atoms with E-state index >= 15 is 0 Å². The second-order valence-corrected chi connectivity index (χ2v) is 7.00. The number of alkyl halides is 3. The molecule has 0 aliphatic carbocycles. The molecule has 1 unspecified atom stereocenters. The van der Waals surface area contributed by atoms with E-state index in [4.69, 9.17) is 9.84 Å². The largest absolute Gasteiger partial charge is 0.476 e. The number of nitrogens with zero attached hydrogens (tertiary/aromatic N) is 4. The summed E-state index contributed by atoms with van der Waals surface area (Å²) in [4.78, 5) is 23.6. The number of hydrogen-bond acceptors (Lipinski definition) is 5. The molecule has 0 spiro atoms. The summed E-state index contributed by atoms with van der Waals surface area (Å²) in [6.07, 6.45) is -3.09. The molecule has 1 amide bonds. The third-order valence-corrected chi connectivity index (χ3v) is 4.75. The van der Waals surface area contributed by atoms with Crippen LogP contribution in [0.25, 0.3) is 0 Å². The third-order valence-electron chi connectivity index (χ3n) is 4.75. The van der Waals surface area contributed by atoms with E-state index < -0.39 is 29.7 Å². The zero-order chi connectivity index (χ0) is 23.6. The van der Waals surface area contributed by atoms with Gasteiger partial charge in [0.05, 0.1) is 22.6 Å². The van der Waals surface area contributed by atoms with Crippen LogP contribution in [-0.2, 0) is 17.7 Å². The summed E-state index contributed by atoms with van der Waals surface area (Å²) in [7, 11) is 0. The number of rotatable bonds is 7. The van der Waals surface area contributed by atoms with Crippen LogP contribution >= 0.6 is 0 Å².